The molecule has 2 rings (SSSR count). The van der Waals surface area contributed by atoms with Crippen LogP contribution in [0.5, 0.6) is 5.75 Å². The molecule has 1 aliphatic rings. The van der Waals surface area contributed by atoms with Crippen LogP contribution in [0.3, 0.4) is 0 Å². The fourth-order valence-electron chi connectivity index (χ4n) is 2.73. The molecule has 2 N–H and O–H groups in total. The van der Waals surface area contributed by atoms with E-state index in [1.807, 2.05) is 18.2 Å². The number of benzene rings is 1. The van der Waals surface area contributed by atoms with E-state index in [4.69, 9.17) is 10.5 Å². The molecule has 0 aromatic heterocycles. The summed E-state index contributed by atoms with van der Waals surface area (Å²) in [7, 11) is 1.59. The molecule has 1 aromatic rings. The zero-order valence-corrected chi connectivity index (χ0v) is 12.1. The SMILES string of the molecule is COc1cc(CN2CCC(C(F)(F)F)CC2)ccc1CN. The van der Waals surface area contributed by atoms with Crippen molar-refractivity contribution in [2.45, 2.75) is 32.1 Å². The van der Waals surface area contributed by atoms with Crippen LogP contribution in [0.25, 0.3) is 0 Å². The number of hydrogen-bond donors (Lipinski definition) is 1. The van der Waals surface area contributed by atoms with E-state index in [1.165, 1.54) is 0 Å². The minimum atomic E-state index is -4.06. The third kappa shape index (κ3) is 4.11. The van der Waals surface area contributed by atoms with Gasteiger partial charge in [-0.3, -0.25) is 4.90 Å². The largest absolute Gasteiger partial charge is 0.496 e. The van der Waals surface area contributed by atoms with Crippen LogP contribution in [0.2, 0.25) is 0 Å². The Morgan fingerprint density at radius 3 is 2.48 bits per heavy atom. The van der Waals surface area contributed by atoms with Gasteiger partial charge in [-0.05, 0) is 37.6 Å². The molecule has 0 unspecified atom stereocenters. The maximum absolute atomic E-state index is 12.6. The van der Waals surface area contributed by atoms with Crippen LogP contribution < -0.4 is 10.5 Å². The second-order valence-corrected chi connectivity index (χ2v) is 5.44. The Labute approximate surface area is 122 Å². The van der Waals surface area contributed by atoms with E-state index in [9.17, 15) is 13.2 Å². The summed E-state index contributed by atoms with van der Waals surface area (Å²) in [6.45, 7) is 2.00. The summed E-state index contributed by atoms with van der Waals surface area (Å²) in [5.41, 5.74) is 7.58. The van der Waals surface area contributed by atoms with Crippen LogP contribution >= 0.6 is 0 Å². The number of ether oxygens (including phenoxy) is 1. The second-order valence-electron chi connectivity index (χ2n) is 5.44. The number of hydrogen-bond acceptors (Lipinski definition) is 3. The summed E-state index contributed by atoms with van der Waals surface area (Å²) < 4.78 is 43.2. The highest BCUT2D eigenvalue weighted by Crippen LogP contribution is 2.34. The molecular formula is C15H21F3N2O. The number of likely N-dealkylation sites (tertiary alicyclic amines) is 1. The van der Waals surface area contributed by atoms with E-state index >= 15 is 0 Å². The lowest BCUT2D eigenvalue weighted by Gasteiger charge is -2.32. The van der Waals surface area contributed by atoms with Crippen molar-refractivity contribution < 1.29 is 17.9 Å². The van der Waals surface area contributed by atoms with Crippen molar-refractivity contribution in [2.75, 3.05) is 20.2 Å². The Bertz CT molecular complexity index is 468. The lowest BCUT2D eigenvalue weighted by atomic mass is 9.96. The predicted molar refractivity (Wildman–Crippen MR) is 74.9 cm³/mol. The van der Waals surface area contributed by atoms with Crippen LogP contribution in [0.15, 0.2) is 18.2 Å². The van der Waals surface area contributed by atoms with Crippen LogP contribution in [-0.2, 0) is 13.1 Å². The zero-order chi connectivity index (χ0) is 15.5. The smallest absolute Gasteiger partial charge is 0.391 e. The Kier molecular flexibility index (Phi) is 5.11. The molecule has 1 heterocycles. The normalized spacial score (nSPS) is 18.0. The number of alkyl halides is 3. The van der Waals surface area contributed by atoms with Crippen LogP contribution in [0, 0.1) is 5.92 Å². The summed E-state index contributed by atoms with van der Waals surface area (Å²) in [5, 5.41) is 0. The van der Waals surface area contributed by atoms with Crippen molar-refractivity contribution in [2.24, 2.45) is 11.7 Å². The molecule has 3 nitrogen and oxygen atoms in total. The molecule has 0 saturated carbocycles. The van der Waals surface area contributed by atoms with Crippen LogP contribution in [0.4, 0.5) is 13.2 Å². The van der Waals surface area contributed by atoms with E-state index in [2.05, 4.69) is 4.90 Å². The first-order valence-electron chi connectivity index (χ1n) is 7.09. The number of piperidine rings is 1. The molecule has 1 aliphatic heterocycles. The molecule has 0 amide bonds. The first-order valence-corrected chi connectivity index (χ1v) is 7.09. The molecule has 0 bridgehead atoms. The second kappa shape index (κ2) is 6.66. The highest BCUT2D eigenvalue weighted by molar-refractivity contribution is 5.37. The topological polar surface area (TPSA) is 38.5 Å². The van der Waals surface area contributed by atoms with Gasteiger partial charge in [0.2, 0.25) is 0 Å². The van der Waals surface area contributed by atoms with Crippen molar-refractivity contribution >= 4 is 0 Å². The highest BCUT2D eigenvalue weighted by atomic mass is 19.4. The van der Waals surface area contributed by atoms with E-state index in [0.29, 0.717) is 26.2 Å². The molecule has 0 radical (unpaired) electrons. The average molecular weight is 302 g/mol. The summed E-state index contributed by atoms with van der Waals surface area (Å²) in [6.07, 6.45) is -3.69. The standard InChI is InChI=1S/C15H21F3N2O/c1-21-14-8-11(2-3-12(14)9-19)10-20-6-4-13(5-7-20)15(16,17)18/h2-3,8,13H,4-7,9-10,19H2,1H3. The van der Waals surface area contributed by atoms with Crippen molar-refractivity contribution in [1.82, 2.24) is 4.90 Å². The molecular weight excluding hydrogens is 281 g/mol. The van der Waals surface area contributed by atoms with Gasteiger partial charge in [0.1, 0.15) is 5.75 Å². The molecule has 0 aliphatic carbocycles. The number of halogens is 3. The van der Waals surface area contributed by atoms with Gasteiger partial charge in [0, 0.05) is 18.7 Å². The number of nitrogens with zero attached hydrogens (tertiary/aromatic N) is 1. The Hall–Kier alpha value is -1.27. The molecule has 0 atom stereocenters. The number of nitrogens with two attached hydrogens (primary N) is 1. The summed E-state index contributed by atoms with van der Waals surface area (Å²) >= 11 is 0. The van der Waals surface area contributed by atoms with Crippen molar-refractivity contribution in [3.8, 4) is 5.75 Å². The van der Waals surface area contributed by atoms with Gasteiger partial charge in [-0.25, -0.2) is 0 Å². The van der Waals surface area contributed by atoms with Gasteiger partial charge in [-0.2, -0.15) is 13.2 Å². The lowest BCUT2D eigenvalue weighted by molar-refractivity contribution is -0.185. The minimum Gasteiger partial charge on any atom is -0.496 e. The van der Waals surface area contributed by atoms with E-state index in [1.54, 1.807) is 7.11 Å². The van der Waals surface area contributed by atoms with Gasteiger partial charge in [-0.15, -0.1) is 0 Å². The minimum absolute atomic E-state index is 0.182. The lowest BCUT2D eigenvalue weighted by Crippen LogP contribution is -2.38. The fraction of sp³-hybridized carbons (Fsp3) is 0.600. The third-order valence-corrected chi connectivity index (χ3v) is 4.03. The first-order chi connectivity index (χ1) is 9.94. The van der Waals surface area contributed by atoms with E-state index < -0.39 is 12.1 Å². The fourth-order valence-corrected chi connectivity index (χ4v) is 2.73. The molecule has 6 heteroatoms. The Morgan fingerprint density at radius 1 is 1.29 bits per heavy atom. The third-order valence-electron chi connectivity index (χ3n) is 4.03. The van der Waals surface area contributed by atoms with Gasteiger partial charge in [0.15, 0.2) is 0 Å². The van der Waals surface area contributed by atoms with Crippen molar-refractivity contribution in [1.29, 1.82) is 0 Å². The van der Waals surface area contributed by atoms with Gasteiger partial charge in [0.25, 0.3) is 0 Å². The van der Waals surface area contributed by atoms with Crippen molar-refractivity contribution in [3.63, 3.8) is 0 Å². The summed E-state index contributed by atoms with van der Waals surface area (Å²) in [5.74, 6) is -0.414. The van der Waals surface area contributed by atoms with Gasteiger partial charge in [-0.1, -0.05) is 12.1 Å². The maximum atomic E-state index is 12.6. The highest BCUT2D eigenvalue weighted by Gasteiger charge is 2.40. The average Bonchev–Trinajstić information content (AvgIpc) is 2.46. The quantitative estimate of drug-likeness (QED) is 0.929. The number of methoxy groups -OCH3 is 1. The van der Waals surface area contributed by atoms with Crippen molar-refractivity contribution in [3.05, 3.63) is 29.3 Å². The van der Waals surface area contributed by atoms with E-state index in [-0.39, 0.29) is 12.8 Å². The summed E-state index contributed by atoms with van der Waals surface area (Å²) in [4.78, 5) is 2.05. The maximum Gasteiger partial charge on any atom is 0.391 e. The molecule has 118 valence electrons. The molecule has 1 saturated heterocycles. The molecule has 1 aromatic carbocycles. The zero-order valence-electron chi connectivity index (χ0n) is 12.1. The molecule has 1 fully saturated rings. The summed E-state index contributed by atoms with van der Waals surface area (Å²) in [6, 6.07) is 5.79. The Balaban J connectivity index is 1.95. The predicted octanol–water partition coefficient (Wildman–Crippen LogP) is 2.93. The molecule has 21 heavy (non-hydrogen) atoms. The molecule has 0 spiro atoms. The van der Waals surface area contributed by atoms with Crippen LogP contribution in [0.1, 0.15) is 24.0 Å². The monoisotopic (exact) mass is 302 g/mol. The first kappa shape index (κ1) is 16.1. The van der Waals surface area contributed by atoms with Gasteiger partial charge < -0.3 is 10.5 Å². The van der Waals surface area contributed by atoms with Gasteiger partial charge >= 0.3 is 6.18 Å². The Morgan fingerprint density at radius 2 is 1.95 bits per heavy atom. The van der Waals surface area contributed by atoms with Crippen LogP contribution in [-0.4, -0.2) is 31.3 Å². The van der Waals surface area contributed by atoms with E-state index in [0.717, 1.165) is 16.9 Å². The number of rotatable bonds is 4. The van der Waals surface area contributed by atoms with Gasteiger partial charge in [0.05, 0.1) is 13.0 Å².